The second kappa shape index (κ2) is 6.82. The second-order valence-electron chi connectivity index (χ2n) is 4.59. The number of rotatable bonds is 6. The fourth-order valence-corrected chi connectivity index (χ4v) is 2.12. The molecule has 19 heavy (non-hydrogen) atoms. The van der Waals surface area contributed by atoms with E-state index in [1.807, 2.05) is 6.92 Å². The van der Waals surface area contributed by atoms with Crippen LogP contribution in [-0.2, 0) is 0 Å². The number of halogens is 2. The van der Waals surface area contributed by atoms with Crippen molar-refractivity contribution in [2.45, 2.75) is 26.8 Å². The van der Waals surface area contributed by atoms with Crippen LogP contribution in [0.4, 0.5) is 21.5 Å². The van der Waals surface area contributed by atoms with Gasteiger partial charge in [-0.15, -0.1) is 0 Å². The molecule has 0 fully saturated rings. The normalized spacial score (nSPS) is 12.7. The molecule has 0 saturated carbocycles. The first-order chi connectivity index (χ1) is 8.90. The van der Waals surface area contributed by atoms with Crippen LogP contribution in [0.2, 0.25) is 5.02 Å². The Labute approximate surface area is 118 Å². The molecule has 6 heteroatoms. The Kier molecular flexibility index (Phi) is 5.69. The van der Waals surface area contributed by atoms with Gasteiger partial charge in [-0.3, -0.25) is 0 Å². The Balaban J connectivity index is 2.85. The Bertz CT molecular complexity index is 435. The predicted molar refractivity (Wildman–Crippen MR) is 81.1 cm³/mol. The Morgan fingerprint density at radius 3 is 2.42 bits per heavy atom. The van der Waals surface area contributed by atoms with Gasteiger partial charge in [-0.2, -0.15) is 0 Å². The zero-order chi connectivity index (χ0) is 14.6. The van der Waals surface area contributed by atoms with E-state index in [-0.39, 0.29) is 28.1 Å². The molecule has 5 N–H and O–H groups in total. The first kappa shape index (κ1) is 15.9. The predicted octanol–water partition coefficient (Wildman–Crippen LogP) is 2.79. The highest BCUT2D eigenvalue weighted by atomic mass is 35.5. The lowest BCUT2D eigenvalue weighted by molar-refractivity contribution is 0.294. The van der Waals surface area contributed by atoms with E-state index >= 15 is 0 Å². The lowest BCUT2D eigenvalue weighted by Crippen LogP contribution is -2.35. The summed E-state index contributed by atoms with van der Waals surface area (Å²) >= 11 is 5.79. The van der Waals surface area contributed by atoms with Crippen LogP contribution in [0.3, 0.4) is 0 Å². The van der Waals surface area contributed by atoms with E-state index in [1.165, 1.54) is 6.07 Å². The van der Waals surface area contributed by atoms with E-state index in [1.54, 1.807) is 0 Å². The number of nitrogen functional groups attached to an aromatic ring is 2. The van der Waals surface area contributed by atoms with Crippen LogP contribution in [0.25, 0.3) is 0 Å². The van der Waals surface area contributed by atoms with E-state index in [9.17, 15) is 4.39 Å². The molecule has 4 nitrogen and oxygen atoms in total. The van der Waals surface area contributed by atoms with E-state index < -0.39 is 5.82 Å². The summed E-state index contributed by atoms with van der Waals surface area (Å²) < 4.78 is 14.0. The summed E-state index contributed by atoms with van der Waals surface area (Å²) in [5.74, 6) is -0.592. The number of nitrogens with zero attached hydrogens (tertiary/aromatic N) is 1. The average molecular weight is 289 g/mol. The topological polar surface area (TPSA) is 67.3 Å². The van der Waals surface area contributed by atoms with Crippen LogP contribution in [-0.4, -0.2) is 30.6 Å². The summed E-state index contributed by atoms with van der Waals surface area (Å²) in [6.07, 6.45) is 0. The number of nitrogens with one attached hydrogen (secondary N) is 1. The van der Waals surface area contributed by atoms with Gasteiger partial charge in [-0.1, -0.05) is 25.4 Å². The highest BCUT2D eigenvalue weighted by molar-refractivity contribution is 6.33. The molecule has 1 rings (SSSR count). The highest BCUT2D eigenvalue weighted by Gasteiger charge is 2.16. The van der Waals surface area contributed by atoms with Gasteiger partial charge in [-0.05, 0) is 26.1 Å². The molecule has 0 saturated heterocycles. The average Bonchev–Trinajstić information content (AvgIpc) is 2.38. The molecule has 0 radical (unpaired) electrons. The van der Waals surface area contributed by atoms with Gasteiger partial charge in [0.25, 0.3) is 0 Å². The molecule has 0 aromatic heterocycles. The van der Waals surface area contributed by atoms with Gasteiger partial charge in [0.05, 0.1) is 17.1 Å². The van der Waals surface area contributed by atoms with Crippen molar-refractivity contribution >= 4 is 28.7 Å². The van der Waals surface area contributed by atoms with Gasteiger partial charge in [-0.25, -0.2) is 4.39 Å². The van der Waals surface area contributed by atoms with Gasteiger partial charge >= 0.3 is 0 Å². The Morgan fingerprint density at radius 2 is 1.89 bits per heavy atom. The molecule has 1 aromatic carbocycles. The molecule has 0 aliphatic carbocycles. The van der Waals surface area contributed by atoms with Crippen molar-refractivity contribution < 1.29 is 4.39 Å². The zero-order valence-electron chi connectivity index (χ0n) is 11.6. The first-order valence-electron chi connectivity index (χ1n) is 6.42. The summed E-state index contributed by atoms with van der Waals surface area (Å²) in [6, 6.07) is 1.52. The monoisotopic (exact) mass is 288 g/mol. The smallest absolute Gasteiger partial charge is 0.169 e. The SMILES string of the molecule is CCN(CC)CC(C)Nc1c(N)cc(N)c(Cl)c1F. The van der Waals surface area contributed by atoms with Crippen LogP contribution < -0.4 is 16.8 Å². The number of benzene rings is 1. The maximum absolute atomic E-state index is 14.0. The number of hydrogen-bond acceptors (Lipinski definition) is 4. The molecule has 0 aliphatic rings. The molecule has 0 amide bonds. The van der Waals surface area contributed by atoms with Crippen molar-refractivity contribution in [3.05, 3.63) is 16.9 Å². The first-order valence-corrected chi connectivity index (χ1v) is 6.80. The molecule has 1 atom stereocenters. The summed E-state index contributed by atoms with van der Waals surface area (Å²) in [6.45, 7) is 8.85. The van der Waals surface area contributed by atoms with Crippen LogP contribution in [0.5, 0.6) is 0 Å². The van der Waals surface area contributed by atoms with Gasteiger partial charge in [0.15, 0.2) is 5.82 Å². The van der Waals surface area contributed by atoms with Gasteiger partial charge < -0.3 is 21.7 Å². The number of anilines is 3. The minimum Gasteiger partial charge on any atom is -0.397 e. The summed E-state index contributed by atoms with van der Waals surface area (Å²) in [5, 5.41) is 2.97. The highest BCUT2D eigenvalue weighted by Crippen LogP contribution is 2.33. The van der Waals surface area contributed by atoms with Crippen molar-refractivity contribution in [2.75, 3.05) is 36.4 Å². The van der Waals surface area contributed by atoms with Crippen LogP contribution >= 0.6 is 11.6 Å². The largest absolute Gasteiger partial charge is 0.397 e. The van der Waals surface area contributed by atoms with Crippen LogP contribution in [0.15, 0.2) is 6.07 Å². The minimum absolute atomic E-state index is 0.0522. The summed E-state index contributed by atoms with van der Waals surface area (Å²) in [5.41, 5.74) is 12.0. The molecule has 108 valence electrons. The van der Waals surface area contributed by atoms with Crippen molar-refractivity contribution in [2.24, 2.45) is 0 Å². The quantitative estimate of drug-likeness (QED) is 0.704. The lowest BCUT2D eigenvalue weighted by Gasteiger charge is -2.25. The third-order valence-electron chi connectivity index (χ3n) is 3.08. The Hall–Kier alpha value is -1.20. The maximum atomic E-state index is 14.0. The summed E-state index contributed by atoms with van der Waals surface area (Å²) in [4.78, 5) is 2.24. The third-order valence-corrected chi connectivity index (χ3v) is 3.47. The van der Waals surface area contributed by atoms with E-state index in [2.05, 4.69) is 24.1 Å². The molecule has 1 unspecified atom stereocenters. The van der Waals surface area contributed by atoms with Crippen molar-refractivity contribution in [3.63, 3.8) is 0 Å². The second-order valence-corrected chi connectivity index (χ2v) is 4.97. The molecular weight excluding hydrogens is 267 g/mol. The minimum atomic E-state index is -0.592. The van der Waals surface area contributed by atoms with Gasteiger partial charge in [0.1, 0.15) is 5.02 Å². The Morgan fingerprint density at radius 1 is 1.32 bits per heavy atom. The fraction of sp³-hybridized carbons (Fsp3) is 0.538. The van der Waals surface area contributed by atoms with E-state index in [0.29, 0.717) is 0 Å². The number of hydrogen-bond donors (Lipinski definition) is 3. The molecular formula is C13H22ClFN4. The van der Waals surface area contributed by atoms with Crippen molar-refractivity contribution in [1.82, 2.24) is 4.90 Å². The van der Waals surface area contributed by atoms with Crippen LogP contribution in [0, 0.1) is 5.82 Å². The van der Waals surface area contributed by atoms with Crippen molar-refractivity contribution in [1.29, 1.82) is 0 Å². The summed E-state index contributed by atoms with van der Waals surface area (Å²) in [7, 11) is 0. The fourth-order valence-electron chi connectivity index (χ4n) is 1.97. The zero-order valence-corrected chi connectivity index (χ0v) is 12.4. The number of likely N-dealkylation sites (N-methyl/N-ethyl adjacent to an activating group) is 1. The molecule has 0 aliphatic heterocycles. The molecule has 0 heterocycles. The van der Waals surface area contributed by atoms with E-state index in [4.69, 9.17) is 23.1 Å². The standard InChI is InChI=1S/C13H22ClFN4/c1-4-19(5-2)7-8(3)18-13-10(17)6-9(16)11(14)12(13)15/h6,8,18H,4-5,7,16-17H2,1-3H3. The molecule has 0 bridgehead atoms. The van der Waals surface area contributed by atoms with Crippen molar-refractivity contribution in [3.8, 4) is 0 Å². The molecule has 0 spiro atoms. The lowest BCUT2D eigenvalue weighted by atomic mass is 10.2. The van der Waals surface area contributed by atoms with Gasteiger partial charge in [0.2, 0.25) is 0 Å². The maximum Gasteiger partial charge on any atom is 0.169 e. The van der Waals surface area contributed by atoms with Crippen LogP contribution in [0.1, 0.15) is 20.8 Å². The van der Waals surface area contributed by atoms with Gasteiger partial charge in [0, 0.05) is 12.6 Å². The van der Waals surface area contributed by atoms with E-state index in [0.717, 1.165) is 19.6 Å². The molecule has 1 aromatic rings. The third kappa shape index (κ3) is 3.88. The number of nitrogens with two attached hydrogens (primary N) is 2.